The van der Waals surface area contributed by atoms with Crippen LogP contribution in [0.2, 0.25) is 0 Å². The molecule has 5 fully saturated rings. The standard InChI is InChI=1S/C31H42N2O5/c1-18(2)22(34)5-4-14-32(3)24(36)11-10-20-8-9-21-15-29-17-30-25(21)26(20)38-27(30)23(35)12-13-31(30,37)28(29)33(29)16-19-6-7-19/h9,18-20,27-28,37H,4-8,10-17H2,1-3H3/t20?,27-,28?,29?,30-,31+,33?/m0/s1. The summed E-state index contributed by atoms with van der Waals surface area (Å²) in [6.07, 6.45) is 10.2. The summed E-state index contributed by atoms with van der Waals surface area (Å²) in [6.45, 7) is 5.50. The highest BCUT2D eigenvalue weighted by Crippen LogP contribution is 2.79. The predicted molar refractivity (Wildman–Crippen MR) is 141 cm³/mol. The van der Waals surface area contributed by atoms with Gasteiger partial charge in [-0.1, -0.05) is 19.9 Å². The molecule has 2 spiro atoms. The molecule has 7 atom stereocenters. The van der Waals surface area contributed by atoms with Gasteiger partial charge < -0.3 is 14.7 Å². The Morgan fingerprint density at radius 1 is 1.26 bits per heavy atom. The van der Waals surface area contributed by atoms with Crippen molar-refractivity contribution in [3.63, 3.8) is 0 Å². The zero-order valence-corrected chi connectivity index (χ0v) is 23.1. The molecule has 206 valence electrons. The molecule has 1 saturated heterocycles. The minimum atomic E-state index is -0.904. The molecular formula is C31H42N2O5. The number of hydrogen-bond acceptors (Lipinski definition) is 6. The second-order valence-corrected chi connectivity index (χ2v) is 13.8. The lowest BCUT2D eigenvalue weighted by atomic mass is 9.54. The van der Waals surface area contributed by atoms with Gasteiger partial charge in [-0.3, -0.25) is 19.3 Å². The highest BCUT2D eigenvalue weighted by molar-refractivity contribution is 5.89. The monoisotopic (exact) mass is 522 g/mol. The first kappa shape index (κ1) is 25.0. The molecule has 7 rings (SSSR count). The summed E-state index contributed by atoms with van der Waals surface area (Å²) in [5.41, 5.74) is 0.938. The number of aliphatic hydroxyl groups is 1. The molecule has 2 bridgehead atoms. The summed E-state index contributed by atoms with van der Waals surface area (Å²) in [6, 6.07) is 0.143. The van der Waals surface area contributed by atoms with E-state index in [1.165, 1.54) is 18.4 Å². The van der Waals surface area contributed by atoms with E-state index >= 15 is 0 Å². The number of allylic oxidation sites excluding steroid dienone is 2. The number of amides is 1. The van der Waals surface area contributed by atoms with E-state index in [4.69, 9.17) is 4.74 Å². The largest absolute Gasteiger partial charge is 0.485 e. The third-order valence-electron chi connectivity index (χ3n) is 11.2. The number of carbonyl (C=O) groups is 3. The summed E-state index contributed by atoms with van der Waals surface area (Å²) in [5, 5.41) is 12.4. The SMILES string of the molecule is CC(C)C(=O)CCCN(C)C(=O)CCC1CC=C2CC34C[C@]56C2=C1O[C@H]5C(=O)CC[C@@]6(O)C3N4CC1CC1. The van der Waals surface area contributed by atoms with Gasteiger partial charge in [0.1, 0.15) is 11.5 Å². The number of carbonyl (C=O) groups excluding carboxylic acids is 3. The van der Waals surface area contributed by atoms with Crippen LogP contribution >= 0.6 is 0 Å². The number of rotatable bonds is 10. The Hall–Kier alpha value is -1.99. The number of ketones is 2. The van der Waals surface area contributed by atoms with Gasteiger partial charge in [0.2, 0.25) is 5.91 Å². The highest BCUT2D eigenvalue weighted by Gasteiger charge is 2.89. The van der Waals surface area contributed by atoms with Gasteiger partial charge in [-0.15, -0.1) is 0 Å². The lowest BCUT2D eigenvalue weighted by molar-refractivity contribution is -0.165. The van der Waals surface area contributed by atoms with E-state index in [-0.39, 0.29) is 40.9 Å². The van der Waals surface area contributed by atoms with E-state index in [1.807, 2.05) is 20.9 Å². The Morgan fingerprint density at radius 3 is 2.79 bits per heavy atom. The average molecular weight is 523 g/mol. The van der Waals surface area contributed by atoms with Gasteiger partial charge in [-0.25, -0.2) is 0 Å². The fraction of sp³-hybridized carbons (Fsp3) is 0.774. The van der Waals surface area contributed by atoms with Gasteiger partial charge in [0.25, 0.3) is 0 Å². The van der Waals surface area contributed by atoms with Crippen LogP contribution in [0.4, 0.5) is 0 Å². The van der Waals surface area contributed by atoms with Crippen molar-refractivity contribution in [1.82, 2.24) is 9.80 Å². The van der Waals surface area contributed by atoms with E-state index in [0.29, 0.717) is 45.1 Å². The van der Waals surface area contributed by atoms with Crippen LogP contribution in [0.25, 0.3) is 0 Å². The summed E-state index contributed by atoms with van der Waals surface area (Å²) in [7, 11) is 1.82. The molecular weight excluding hydrogens is 480 g/mol. The van der Waals surface area contributed by atoms with Gasteiger partial charge in [0, 0.05) is 62.3 Å². The molecule has 4 unspecified atom stereocenters. The molecule has 0 aromatic rings. The minimum Gasteiger partial charge on any atom is -0.485 e. The fourth-order valence-electron chi connectivity index (χ4n) is 9.12. The summed E-state index contributed by atoms with van der Waals surface area (Å²) in [4.78, 5) is 42.5. The zero-order chi connectivity index (χ0) is 26.6. The molecule has 2 heterocycles. The lowest BCUT2D eigenvalue weighted by Crippen LogP contribution is -2.62. The van der Waals surface area contributed by atoms with Crippen LogP contribution in [0.15, 0.2) is 23.0 Å². The molecule has 2 aliphatic heterocycles. The molecule has 5 aliphatic carbocycles. The van der Waals surface area contributed by atoms with Crippen molar-refractivity contribution >= 4 is 17.5 Å². The number of hydrogen-bond donors (Lipinski definition) is 1. The van der Waals surface area contributed by atoms with Gasteiger partial charge in [0.15, 0.2) is 11.9 Å². The molecule has 38 heavy (non-hydrogen) atoms. The molecule has 0 aromatic heterocycles. The van der Waals surface area contributed by atoms with Gasteiger partial charge in [0.05, 0.1) is 17.1 Å². The second-order valence-electron chi connectivity index (χ2n) is 13.8. The van der Waals surface area contributed by atoms with Gasteiger partial charge >= 0.3 is 0 Å². The quantitative estimate of drug-likeness (QED) is 0.442. The molecule has 7 nitrogen and oxygen atoms in total. The Morgan fingerprint density at radius 2 is 2.05 bits per heavy atom. The number of ether oxygens (including phenoxy) is 1. The zero-order valence-electron chi connectivity index (χ0n) is 23.1. The molecule has 0 radical (unpaired) electrons. The van der Waals surface area contributed by atoms with E-state index in [1.54, 1.807) is 4.90 Å². The maximum absolute atomic E-state index is 13.3. The topological polar surface area (TPSA) is 86.9 Å². The Bertz CT molecular complexity index is 1170. The van der Waals surface area contributed by atoms with Crippen molar-refractivity contribution in [3.05, 3.63) is 23.0 Å². The van der Waals surface area contributed by atoms with E-state index in [9.17, 15) is 19.5 Å². The van der Waals surface area contributed by atoms with Crippen LogP contribution in [0, 0.1) is 23.2 Å². The van der Waals surface area contributed by atoms with Crippen molar-refractivity contribution in [2.24, 2.45) is 23.2 Å². The summed E-state index contributed by atoms with van der Waals surface area (Å²) < 4.78 is 6.61. The average Bonchev–Trinajstić information content (AvgIpc) is 3.76. The first-order valence-corrected chi connectivity index (χ1v) is 15.0. The molecule has 1 amide bonds. The Labute approximate surface area is 225 Å². The van der Waals surface area contributed by atoms with Crippen molar-refractivity contribution in [2.45, 2.75) is 108 Å². The Balaban J connectivity index is 1.09. The van der Waals surface area contributed by atoms with Gasteiger partial charge in [-0.05, 0) is 62.9 Å². The number of nitrogens with zero attached hydrogens (tertiary/aromatic N) is 2. The lowest BCUT2D eigenvalue weighted by Gasteiger charge is -2.51. The van der Waals surface area contributed by atoms with E-state index in [2.05, 4.69) is 11.0 Å². The maximum Gasteiger partial charge on any atom is 0.222 e. The first-order valence-electron chi connectivity index (χ1n) is 15.0. The van der Waals surface area contributed by atoms with Crippen LogP contribution < -0.4 is 0 Å². The van der Waals surface area contributed by atoms with Crippen LogP contribution in [0.5, 0.6) is 0 Å². The van der Waals surface area contributed by atoms with E-state index in [0.717, 1.165) is 43.1 Å². The van der Waals surface area contributed by atoms with E-state index < -0.39 is 17.1 Å². The molecule has 4 saturated carbocycles. The summed E-state index contributed by atoms with van der Waals surface area (Å²) >= 11 is 0. The molecule has 7 aliphatic rings. The molecule has 7 heteroatoms. The Kier molecular flexibility index (Phi) is 5.44. The maximum atomic E-state index is 13.3. The van der Waals surface area contributed by atoms with Gasteiger partial charge in [-0.2, -0.15) is 0 Å². The smallest absolute Gasteiger partial charge is 0.222 e. The molecule has 1 N–H and O–H groups in total. The normalized spacial score (nSPS) is 41.5. The number of Topliss-reactive ketones (excluding diaryl/α,β-unsaturated/α-hetero) is 2. The third kappa shape index (κ3) is 3.24. The van der Waals surface area contributed by atoms with Crippen LogP contribution in [0.1, 0.15) is 84.5 Å². The predicted octanol–water partition coefficient (Wildman–Crippen LogP) is 3.55. The van der Waals surface area contributed by atoms with Crippen LogP contribution in [0.3, 0.4) is 0 Å². The van der Waals surface area contributed by atoms with Crippen molar-refractivity contribution in [2.75, 3.05) is 20.1 Å². The van der Waals surface area contributed by atoms with Crippen LogP contribution in [-0.2, 0) is 19.1 Å². The van der Waals surface area contributed by atoms with Crippen molar-refractivity contribution < 1.29 is 24.2 Å². The fourth-order valence-corrected chi connectivity index (χ4v) is 9.12. The first-order chi connectivity index (χ1) is 18.1. The number of piperidine rings is 1. The number of likely N-dealkylation sites (tertiary alicyclic amines) is 1. The van der Waals surface area contributed by atoms with Crippen molar-refractivity contribution in [3.8, 4) is 0 Å². The third-order valence-corrected chi connectivity index (χ3v) is 11.2. The second kappa shape index (κ2) is 8.26. The van der Waals surface area contributed by atoms with Crippen LogP contribution in [-0.4, -0.2) is 75.8 Å². The molecule has 0 aromatic carbocycles. The highest BCUT2D eigenvalue weighted by atomic mass is 16.5. The summed E-state index contributed by atoms with van der Waals surface area (Å²) in [5.74, 6) is 2.26. The van der Waals surface area contributed by atoms with Crippen molar-refractivity contribution in [1.29, 1.82) is 0 Å². The minimum absolute atomic E-state index is 0.00315. The number of fused-ring (bicyclic) bond motifs is 1.